The first kappa shape index (κ1) is 25.4. The molecule has 2 heterocycles. The number of ether oxygens (including phenoxy) is 5. The molecule has 0 saturated carbocycles. The van der Waals surface area contributed by atoms with E-state index < -0.39 is 70.8 Å². The topological polar surface area (TPSA) is 118 Å². The number of carbonyl (C=O) groups is 4. The van der Waals surface area contributed by atoms with Crippen LogP contribution in [0.5, 0.6) is 0 Å². The maximum absolute atomic E-state index is 12.9. The monoisotopic (exact) mass is 490 g/mol. The summed E-state index contributed by atoms with van der Waals surface area (Å²) < 4.78 is 29.6. The van der Waals surface area contributed by atoms with Gasteiger partial charge in [0.25, 0.3) is 0 Å². The summed E-state index contributed by atoms with van der Waals surface area (Å²) in [6.07, 6.45) is 2.10. The average Bonchev–Trinajstić information content (AvgIpc) is 3.32. The zero-order valence-electron chi connectivity index (χ0n) is 21.3. The SMILES string of the molecule is CC(=O)O[C@H]1CC=C(C)[C@@H]2[C@@H](OC(C)=O)[C@]34O[C@@]3(C)C(=O)O[C@H]4/C=C(/C)CC[C@@H](OC(C)=O)[C@@]12C. The molecule has 35 heavy (non-hydrogen) atoms. The molecule has 2 aliphatic heterocycles. The lowest BCUT2D eigenvalue weighted by Crippen LogP contribution is -2.61. The Kier molecular flexibility index (Phi) is 6.15. The zero-order chi connectivity index (χ0) is 25.9. The van der Waals surface area contributed by atoms with Crippen molar-refractivity contribution < 1.29 is 42.9 Å². The Bertz CT molecular complexity index is 1030. The normalized spacial score (nSPS) is 43.6. The first-order chi connectivity index (χ1) is 16.3. The molecule has 9 nitrogen and oxygen atoms in total. The fourth-order valence-corrected chi connectivity index (χ4v) is 6.50. The van der Waals surface area contributed by atoms with Crippen molar-refractivity contribution >= 4 is 23.9 Å². The summed E-state index contributed by atoms with van der Waals surface area (Å²) in [6, 6.07) is 0. The molecular weight excluding hydrogens is 456 g/mol. The minimum absolute atomic E-state index is 0.405. The molecule has 4 rings (SSSR count). The van der Waals surface area contributed by atoms with Crippen LogP contribution in [0.1, 0.15) is 67.7 Å². The van der Waals surface area contributed by atoms with E-state index in [1.165, 1.54) is 20.8 Å². The molecule has 0 aromatic rings. The van der Waals surface area contributed by atoms with Crippen LogP contribution in [0, 0.1) is 11.3 Å². The summed E-state index contributed by atoms with van der Waals surface area (Å²) >= 11 is 0. The zero-order valence-corrected chi connectivity index (χ0v) is 21.3. The Morgan fingerprint density at radius 3 is 2.14 bits per heavy atom. The fourth-order valence-electron chi connectivity index (χ4n) is 6.50. The van der Waals surface area contributed by atoms with E-state index in [2.05, 4.69) is 0 Å². The fraction of sp³-hybridized carbons (Fsp3) is 0.692. The highest BCUT2D eigenvalue weighted by atomic mass is 16.7. The number of hydrogen-bond donors (Lipinski definition) is 0. The third-order valence-electron chi connectivity index (χ3n) is 8.20. The van der Waals surface area contributed by atoms with Crippen molar-refractivity contribution in [2.75, 3.05) is 0 Å². The molecule has 1 spiro atoms. The molecule has 2 saturated heterocycles. The molecule has 0 unspecified atom stereocenters. The predicted octanol–water partition coefficient (Wildman–Crippen LogP) is 2.95. The third kappa shape index (κ3) is 3.79. The second-order valence-corrected chi connectivity index (χ2v) is 10.6. The van der Waals surface area contributed by atoms with Gasteiger partial charge in [0.1, 0.15) is 18.3 Å². The van der Waals surface area contributed by atoms with Crippen molar-refractivity contribution in [1.82, 2.24) is 0 Å². The van der Waals surface area contributed by atoms with Crippen LogP contribution < -0.4 is 0 Å². The Morgan fingerprint density at radius 1 is 0.971 bits per heavy atom. The lowest BCUT2D eigenvalue weighted by Gasteiger charge is -2.52. The highest BCUT2D eigenvalue weighted by Crippen LogP contribution is 2.65. The van der Waals surface area contributed by atoms with Crippen molar-refractivity contribution in [3.05, 3.63) is 23.3 Å². The first-order valence-corrected chi connectivity index (χ1v) is 12.0. The smallest absolute Gasteiger partial charge is 0.342 e. The summed E-state index contributed by atoms with van der Waals surface area (Å²) in [7, 11) is 0. The lowest BCUT2D eigenvalue weighted by atomic mass is 9.57. The van der Waals surface area contributed by atoms with E-state index in [1.54, 1.807) is 6.92 Å². The molecular formula is C26H34O9. The summed E-state index contributed by atoms with van der Waals surface area (Å²) in [5.74, 6) is -2.60. The quantitative estimate of drug-likeness (QED) is 0.255. The molecule has 0 N–H and O–H groups in total. The molecule has 0 aromatic carbocycles. The largest absolute Gasteiger partial charge is 0.462 e. The number of allylic oxidation sites excluding steroid dienone is 1. The van der Waals surface area contributed by atoms with Crippen molar-refractivity contribution in [2.24, 2.45) is 11.3 Å². The summed E-state index contributed by atoms with van der Waals surface area (Å²) in [5, 5.41) is 0. The minimum atomic E-state index is -1.31. The van der Waals surface area contributed by atoms with E-state index in [9.17, 15) is 19.2 Å². The van der Waals surface area contributed by atoms with E-state index >= 15 is 0 Å². The van der Waals surface area contributed by atoms with Gasteiger partial charge in [-0.2, -0.15) is 0 Å². The Balaban J connectivity index is 1.98. The van der Waals surface area contributed by atoms with Crippen LogP contribution in [0.3, 0.4) is 0 Å². The standard InChI is InChI=1S/C26H34O9/c1-13-8-10-18(31-15(3)27)24(6)19(32-16(4)28)11-9-14(2)21(24)22(33-17(5)29)26-20(12-13)34-23(30)25(26,7)35-26/h9,12,18-22H,8,10-11H2,1-7H3/b13-12-/t18-,19+,20+,21-,22-,24+,25+,26+/m1/s1. The van der Waals surface area contributed by atoms with E-state index in [-0.39, 0.29) is 0 Å². The van der Waals surface area contributed by atoms with Gasteiger partial charge in [0.15, 0.2) is 17.3 Å². The van der Waals surface area contributed by atoms with E-state index in [0.717, 1.165) is 11.1 Å². The summed E-state index contributed by atoms with van der Waals surface area (Å²) in [5.41, 5.74) is -1.79. The summed E-state index contributed by atoms with van der Waals surface area (Å²) in [4.78, 5) is 49.7. The second kappa shape index (κ2) is 8.47. The van der Waals surface area contributed by atoms with Crippen LogP contribution in [0.15, 0.2) is 23.3 Å². The maximum atomic E-state index is 12.9. The summed E-state index contributed by atoms with van der Waals surface area (Å²) in [6.45, 7) is 11.3. The second-order valence-electron chi connectivity index (χ2n) is 10.6. The van der Waals surface area contributed by atoms with E-state index in [1.807, 2.05) is 32.9 Å². The van der Waals surface area contributed by atoms with Crippen LogP contribution in [0.25, 0.3) is 0 Å². The van der Waals surface area contributed by atoms with Gasteiger partial charge in [-0.05, 0) is 39.7 Å². The highest BCUT2D eigenvalue weighted by molar-refractivity contribution is 5.89. The van der Waals surface area contributed by atoms with Gasteiger partial charge in [-0.1, -0.05) is 24.1 Å². The predicted molar refractivity (Wildman–Crippen MR) is 122 cm³/mol. The maximum Gasteiger partial charge on any atom is 0.342 e. The van der Waals surface area contributed by atoms with Gasteiger partial charge in [-0.25, -0.2) is 4.79 Å². The van der Waals surface area contributed by atoms with Gasteiger partial charge in [0, 0.05) is 33.1 Å². The molecule has 9 heteroatoms. The Hall–Kier alpha value is -2.68. The molecule has 4 aliphatic rings. The van der Waals surface area contributed by atoms with E-state index in [4.69, 9.17) is 23.7 Å². The highest BCUT2D eigenvalue weighted by Gasteiger charge is 2.87. The van der Waals surface area contributed by atoms with Crippen molar-refractivity contribution in [3.8, 4) is 0 Å². The van der Waals surface area contributed by atoms with Crippen LogP contribution in [-0.4, -0.2) is 59.5 Å². The van der Waals surface area contributed by atoms with Crippen LogP contribution in [0.2, 0.25) is 0 Å². The molecule has 0 amide bonds. The third-order valence-corrected chi connectivity index (χ3v) is 8.20. The number of esters is 4. The van der Waals surface area contributed by atoms with Gasteiger partial charge >= 0.3 is 23.9 Å². The Labute approximate surface area is 205 Å². The number of rotatable bonds is 3. The molecule has 2 fully saturated rings. The minimum Gasteiger partial charge on any atom is -0.462 e. The van der Waals surface area contributed by atoms with Gasteiger partial charge in [-0.3, -0.25) is 14.4 Å². The molecule has 2 aliphatic carbocycles. The van der Waals surface area contributed by atoms with Gasteiger partial charge < -0.3 is 23.7 Å². The number of fused-ring (bicyclic) bond motifs is 1. The van der Waals surface area contributed by atoms with Crippen molar-refractivity contribution in [1.29, 1.82) is 0 Å². The van der Waals surface area contributed by atoms with Crippen LogP contribution in [-0.2, 0) is 42.9 Å². The molecule has 8 atom stereocenters. The average molecular weight is 491 g/mol. The van der Waals surface area contributed by atoms with Crippen molar-refractivity contribution in [2.45, 2.75) is 103 Å². The first-order valence-electron chi connectivity index (χ1n) is 12.0. The van der Waals surface area contributed by atoms with Gasteiger partial charge in [-0.15, -0.1) is 0 Å². The van der Waals surface area contributed by atoms with E-state index in [0.29, 0.717) is 19.3 Å². The molecule has 0 radical (unpaired) electrons. The Morgan fingerprint density at radius 2 is 1.57 bits per heavy atom. The number of hydrogen-bond acceptors (Lipinski definition) is 9. The number of epoxide rings is 1. The number of carbonyl (C=O) groups excluding carboxylic acids is 4. The molecule has 192 valence electrons. The van der Waals surface area contributed by atoms with Gasteiger partial charge in [0.2, 0.25) is 0 Å². The van der Waals surface area contributed by atoms with Crippen LogP contribution >= 0.6 is 0 Å². The molecule has 0 aromatic heterocycles. The van der Waals surface area contributed by atoms with Crippen LogP contribution in [0.4, 0.5) is 0 Å². The van der Waals surface area contributed by atoms with Gasteiger partial charge in [0.05, 0.1) is 5.41 Å². The van der Waals surface area contributed by atoms with Crippen molar-refractivity contribution in [3.63, 3.8) is 0 Å². The molecule has 0 bridgehead atoms. The lowest BCUT2D eigenvalue weighted by molar-refractivity contribution is -0.197.